The molecule has 7 heteroatoms. The van der Waals surface area contributed by atoms with E-state index in [1.807, 2.05) is 23.9 Å². The van der Waals surface area contributed by atoms with Crippen LogP contribution in [-0.2, 0) is 18.9 Å². The number of aromatic amines is 1. The number of anilines is 1. The van der Waals surface area contributed by atoms with E-state index in [0.29, 0.717) is 11.9 Å². The van der Waals surface area contributed by atoms with Crippen molar-refractivity contribution in [1.29, 1.82) is 0 Å². The number of imidazole rings is 1. The van der Waals surface area contributed by atoms with Crippen LogP contribution in [0.3, 0.4) is 0 Å². The zero-order valence-electron chi connectivity index (χ0n) is 26.6. The topological polar surface area (TPSA) is 88.7 Å². The van der Waals surface area contributed by atoms with Crippen LogP contribution in [0, 0.1) is 31.6 Å². The van der Waals surface area contributed by atoms with E-state index in [2.05, 4.69) is 98.4 Å². The molecular weight excluding hydrogens is 518 g/mol. The van der Waals surface area contributed by atoms with Crippen LogP contribution >= 0.6 is 0 Å². The van der Waals surface area contributed by atoms with Crippen molar-refractivity contribution in [2.45, 2.75) is 91.0 Å². The first-order valence-electron chi connectivity index (χ1n) is 15.0. The smallest absolute Gasteiger partial charge is 0.145 e. The lowest BCUT2D eigenvalue weighted by atomic mass is 9.87. The fourth-order valence-corrected chi connectivity index (χ4v) is 5.44. The van der Waals surface area contributed by atoms with E-state index in [1.54, 1.807) is 0 Å². The van der Waals surface area contributed by atoms with Gasteiger partial charge in [-0.3, -0.25) is 0 Å². The Labute approximate surface area is 253 Å². The highest BCUT2D eigenvalue weighted by atomic mass is 15.1. The molecule has 4 aromatic rings. The summed E-state index contributed by atoms with van der Waals surface area (Å²) >= 11 is 0. The largest absolute Gasteiger partial charge is 0.383 e. The van der Waals surface area contributed by atoms with Crippen LogP contribution < -0.4 is 5.73 Å². The van der Waals surface area contributed by atoms with Crippen LogP contribution in [0.5, 0.6) is 0 Å². The third-order valence-corrected chi connectivity index (χ3v) is 7.90. The van der Waals surface area contributed by atoms with Crippen LogP contribution in [-0.4, -0.2) is 48.5 Å². The lowest BCUT2D eigenvalue weighted by molar-refractivity contribution is 0.184. The Morgan fingerprint density at radius 1 is 1.05 bits per heavy atom. The summed E-state index contributed by atoms with van der Waals surface area (Å²) in [6, 6.07) is 9.22. The van der Waals surface area contributed by atoms with E-state index in [4.69, 9.17) is 10.7 Å². The number of aromatic nitrogens is 5. The van der Waals surface area contributed by atoms with Crippen LogP contribution in [0.15, 0.2) is 36.8 Å². The van der Waals surface area contributed by atoms with Crippen LogP contribution in [0.25, 0.3) is 22.1 Å². The van der Waals surface area contributed by atoms with Crippen molar-refractivity contribution < 1.29 is 0 Å². The van der Waals surface area contributed by atoms with Crippen molar-refractivity contribution in [2.75, 3.05) is 18.8 Å². The zero-order chi connectivity index (χ0) is 31.3. The highest BCUT2D eigenvalue weighted by molar-refractivity contribution is 5.85. The third kappa shape index (κ3) is 9.64. The second kappa shape index (κ2) is 16.6. The number of nitrogen functional groups attached to an aromatic ring is 1. The van der Waals surface area contributed by atoms with Gasteiger partial charge in [-0.1, -0.05) is 39.7 Å². The molecule has 3 heterocycles. The first kappa shape index (κ1) is 34.4. The number of aryl methyl sites for hydroxylation is 2. The minimum absolute atomic E-state index is 0.180. The van der Waals surface area contributed by atoms with Gasteiger partial charge in [0.25, 0.3) is 0 Å². The van der Waals surface area contributed by atoms with Crippen molar-refractivity contribution in [1.82, 2.24) is 29.4 Å². The first-order valence-corrected chi connectivity index (χ1v) is 15.0. The molecular formula is C35H51N7. The lowest BCUT2D eigenvalue weighted by Gasteiger charge is -2.29. The summed E-state index contributed by atoms with van der Waals surface area (Å²) in [6.07, 6.45) is 28.7. The summed E-state index contributed by atoms with van der Waals surface area (Å²) < 4.78 is 1.91. The maximum atomic E-state index is 5.61. The molecule has 0 saturated heterocycles. The van der Waals surface area contributed by atoms with E-state index in [9.17, 15) is 0 Å². The molecule has 42 heavy (non-hydrogen) atoms. The molecule has 1 saturated carbocycles. The molecule has 0 spiro atoms. The minimum Gasteiger partial charge on any atom is -0.383 e. The molecule has 7 nitrogen and oxygen atoms in total. The van der Waals surface area contributed by atoms with Gasteiger partial charge in [-0.25, -0.2) is 15.0 Å². The molecule has 1 fully saturated rings. The van der Waals surface area contributed by atoms with Gasteiger partial charge >= 0.3 is 0 Å². The first-order chi connectivity index (χ1) is 20.1. The van der Waals surface area contributed by atoms with Gasteiger partial charge in [0.2, 0.25) is 0 Å². The molecule has 226 valence electrons. The maximum Gasteiger partial charge on any atom is 0.145 e. The Morgan fingerprint density at radius 2 is 1.74 bits per heavy atom. The highest BCUT2D eigenvalue weighted by Gasteiger charge is 2.20. The minimum atomic E-state index is 0.180. The van der Waals surface area contributed by atoms with Crippen molar-refractivity contribution in [3.63, 3.8) is 0 Å². The number of rotatable bonds is 8. The normalized spacial score (nSPS) is 13.3. The van der Waals surface area contributed by atoms with Gasteiger partial charge in [-0.15, -0.1) is 25.7 Å². The average molecular weight is 570 g/mol. The molecule has 3 aromatic heterocycles. The predicted molar refractivity (Wildman–Crippen MR) is 179 cm³/mol. The molecule has 3 N–H and O–H groups in total. The van der Waals surface area contributed by atoms with E-state index < -0.39 is 0 Å². The quantitative estimate of drug-likeness (QED) is 0.174. The fourth-order valence-electron chi connectivity index (χ4n) is 5.44. The van der Waals surface area contributed by atoms with Crippen molar-refractivity contribution in [3.8, 4) is 25.7 Å². The third-order valence-electron chi connectivity index (χ3n) is 7.90. The highest BCUT2D eigenvalue weighted by Crippen LogP contribution is 2.27. The standard InChI is InChI=1S/C24H39N3.C7H8N4.2C2H2/c1-18(2)27(17-19-10-6-7-11-19)15-9-8-12-23-25-21-14-13-20(24(3,4)5)16-22(21)26-23;1-11-3-2-5-6(8)9-4-10-7(5)11;2*1-2/h13-14,16,18-19H,6-12,15,17H2,1-5H3,(H,25,26);2-4H,1H3,(H2,8,9,10);2*1-2H. The molecule has 0 unspecified atom stereocenters. The average Bonchev–Trinajstić information content (AvgIpc) is 3.73. The molecule has 0 amide bonds. The number of H-pyrrole nitrogens is 1. The van der Waals surface area contributed by atoms with E-state index in [-0.39, 0.29) is 5.41 Å². The Morgan fingerprint density at radius 3 is 2.36 bits per heavy atom. The van der Waals surface area contributed by atoms with Gasteiger partial charge in [0.1, 0.15) is 23.6 Å². The van der Waals surface area contributed by atoms with Crippen molar-refractivity contribution in [3.05, 3.63) is 48.2 Å². The summed E-state index contributed by atoms with van der Waals surface area (Å²) in [5, 5.41) is 0.912. The summed E-state index contributed by atoms with van der Waals surface area (Å²) in [7, 11) is 1.93. The van der Waals surface area contributed by atoms with E-state index in [0.717, 1.165) is 34.7 Å². The number of nitrogens with two attached hydrogens (primary N) is 1. The number of benzene rings is 1. The second-order valence-corrected chi connectivity index (χ2v) is 12.3. The van der Waals surface area contributed by atoms with Gasteiger partial charge in [0, 0.05) is 32.3 Å². The van der Waals surface area contributed by atoms with Crippen LogP contribution in [0.2, 0.25) is 0 Å². The SMILES string of the molecule is C#C.C#C.CC(C)N(CCCCc1nc2ccc(C(C)(C)C)cc2[nH]1)CC1CCCC1.Cn1ccc2c(N)ncnc21. The Hall–Kier alpha value is -3.81. The molecule has 5 rings (SSSR count). The number of nitrogens with zero attached hydrogens (tertiary/aromatic N) is 5. The molecule has 1 aliphatic carbocycles. The van der Waals surface area contributed by atoms with Gasteiger partial charge in [-0.05, 0) is 81.2 Å². The molecule has 0 radical (unpaired) electrons. The van der Waals surface area contributed by atoms with Crippen molar-refractivity contribution >= 4 is 27.9 Å². The lowest BCUT2D eigenvalue weighted by Crippen LogP contribution is -2.35. The molecule has 1 aromatic carbocycles. The molecule has 0 aliphatic heterocycles. The van der Waals surface area contributed by atoms with Gasteiger partial charge in [0.15, 0.2) is 0 Å². The van der Waals surface area contributed by atoms with E-state index >= 15 is 0 Å². The second-order valence-electron chi connectivity index (χ2n) is 12.3. The fraction of sp³-hybridized carbons (Fsp3) is 0.514. The number of hydrogen-bond acceptors (Lipinski definition) is 5. The summed E-state index contributed by atoms with van der Waals surface area (Å²) in [4.78, 5) is 19.0. The Kier molecular flexibility index (Phi) is 13.6. The molecule has 0 bridgehead atoms. The maximum absolute atomic E-state index is 5.61. The molecule has 1 aliphatic rings. The zero-order valence-corrected chi connectivity index (χ0v) is 26.6. The van der Waals surface area contributed by atoms with Crippen LogP contribution in [0.1, 0.15) is 84.5 Å². The number of terminal acetylenes is 2. The number of unbranched alkanes of at least 4 members (excludes halogenated alkanes) is 1. The monoisotopic (exact) mass is 569 g/mol. The number of fused-ring (bicyclic) bond motifs is 2. The van der Waals surface area contributed by atoms with Crippen molar-refractivity contribution in [2.24, 2.45) is 13.0 Å². The predicted octanol–water partition coefficient (Wildman–Crippen LogP) is 7.13. The van der Waals surface area contributed by atoms with Gasteiger partial charge in [0.05, 0.1) is 16.4 Å². The van der Waals surface area contributed by atoms with Gasteiger partial charge < -0.3 is 20.2 Å². The number of nitrogens with one attached hydrogen (secondary N) is 1. The Balaban J connectivity index is 0.000000340. The summed E-state index contributed by atoms with van der Waals surface area (Å²) in [6.45, 7) is 14.0. The summed E-state index contributed by atoms with van der Waals surface area (Å²) in [5.41, 5.74) is 10.3. The summed E-state index contributed by atoms with van der Waals surface area (Å²) in [5.74, 6) is 2.62. The van der Waals surface area contributed by atoms with Crippen LogP contribution in [0.4, 0.5) is 5.82 Å². The molecule has 0 atom stereocenters. The number of hydrogen-bond donors (Lipinski definition) is 2. The Bertz CT molecular complexity index is 1390. The van der Waals surface area contributed by atoms with Gasteiger partial charge in [-0.2, -0.15) is 0 Å². The van der Waals surface area contributed by atoms with E-state index in [1.165, 1.54) is 69.0 Å².